The molecule has 0 radical (unpaired) electrons. The van der Waals surface area contributed by atoms with Gasteiger partial charge < -0.3 is 0 Å². The summed E-state index contributed by atoms with van der Waals surface area (Å²) in [4.78, 5) is 0. The average molecular weight is 254 g/mol. The minimum atomic E-state index is 0.698. The fourth-order valence-corrected chi connectivity index (χ4v) is 3.88. The lowest BCUT2D eigenvalue weighted by Crippen LogP contribution is -2.48. The van der Waals surface area contributed by atoms with Gasteiger partial charge in [-0.3, -0.25) is 0 Å². The molecule has 2 heteroatoms. The molecule has 2 atom stereocenters. The quantitative estimate of drug-likeness (QED) is 0.694. The van der Waals surface area contributed by atoms with Gasteiger partial charge in [0.25, 0.3) is 0 Å². The normalized spacial score (nSPS) is 20.6. The van der Waals surface area contributed by atoms with Gasteiger partial charge in [-0.2, -0.15) is 0 Å². The molecule has 0 saturated carbocycles. The van der Waals surface area contributed by atoms with E-state index in [2.05, 4.69) is 51.9 Å². The summed E-state index contributed by atoms with van der Waals surface area (Å²) < 4.78 is 0. The maximum atomic E-state index is 2.44. The Morgan fingerprint density at radius 2 is 2.11 bits per heavy atom. The zero-order valence-electron chi connectivity index (χ0n) is 13.2. The minimum absolute atomic E-state index is 0.698. The van der Waals surface area contributed by atoms with Crippen LogP contribution in [0.1, 0.15) is 46.5 Å². The van der Waals surface area contributed by atoms with E-state index in [0.717, 1.165) is 18.3 Å². The molecule has 1 saturated heterocycles. The van der Waals surface area contributed by atoms with Gasteiger partial charge in [0.1, 0.15) is 0 Å². The van der Waals surface area contributed by atoms with Crippen molar-refractivity contribution >= 4 is 24.4 Å². The lowest BCUT2D eigenvalue weighted by molar-refractivity contribution is 0.758. The molecular weight excluding hydrogens is 226 g/mol. The van der Waals surface area contributed by atoms with Crippen LogP contribution in [-0.2, 0) is 0 Å². The number of rotatable bonds is 5. The summed E-state index contributed by atoms with van der Waals surface area (Å²) in [7, 11) is 0. The summed E-state index contributed by atoms with van der Waals surface area (Å²) in [5.41, 5.74) is 3.28. The first-order valence-electron chi connectivity index (χ1n) is 8.24. The Balaban J connectivity index is 2.25. The first kappa shape index (κ1) is 14.8. The summed E-state index contributed by atoms with van der Waals surface area (Å²) in [5.74, 6) is 1.66. The van der Waals surface area contributed by atoms with E-state index in [-0.39, 0.29) is 0 Å². The SMILES string of the molecule is CCC[C@@H](C)B(C)c1ccccc1B1CCCC1C. The predicted octanol–water partition coefficient (Wildman–Crippen LogP) is 4.09. The molecule has 1 unspecified atom stereocenters. The van der Waals surface area contributed by atoms with E-state index in [0.29, 0.717) is 6.71 Å². The van der Waals surface area contributed by atoms with Crippen molar-refractivity contribution in [1.29, 1.82) is 0 Å². The summed E-state index contributed by atoms with van der Waals surface area (Å²) in [6.07, 6.45) is 6.87. The molecule has 1 aromatic rings. The lowest BCUT2D eigenvalue weighted by Gasteiger charge is -2.23. The summed E-state index contributed by atoms with van der Waals surface area (Å²) in [6.45, 7) is 11.1. The van der Waals surface area contributed by atoms with E-state index in [9.17, 15) is 0 Å². The van der Waals surface area contributed by atoms with E-state index in [1.54, 1.807) is 10.9 Å². The van der Waals surface area contributed by atoms with Crippen molar-refractivity contribution in [3.63, 3.8) is 0 Å². The van der Waals surface area contributed by atoms with Crippen LogP contribution in [0.4, 0.5) is 0 Å². The molecule has 0 spiro atoms. The molecule has 0 amide bonds. The Labute approximate surface area is 120 Å². The van der Waals surface area contributed by atoms with Gasteiger partial charge in [0, 0.05) is 0 Å². The Morgan fingerprint density at radius 1 is 1.37 bits per heavy atom. The lowest BCUT2D eigenvalue weighted by atomic mass is 9.30. The molecule has 0 N–H and O–H groups in total. The van der Waals surface area contributed by atoms with Crippen molar-refractivity contribution in [2.24, 2.45) is 0 Å². The second-order valence-electron chi connectivity index (χ2n) is 6.70. The van der Waals surface area contributed by atoms with Crippen LogP contribution in [-0.4, -0.2) is 13.4 Å². The Hall–Kier alpha value is -0.650. The highest BCUT2D eigenvalue weighted by Gasteiger charge is 2.32. The molecular formula is C17H28B2. The van der Waals surface area contributed by atoms with Crippen molar-refractivity contribution < 1.29 is 0 Å². The van der Waals surface area contributed by atoms with Gasteiger partial charge in [-0.25, -0.2) is 0 Å². The van der Waals surface area contributed by atoms with Crippen LogP contribution >= 0.6 is 0 Å². The van der Waals surface area contributed by atoms with E-state index in [4.69, 9.17) is 0 Å². The number of hydrogen-bond acceptors (Lipinski definition) is 0. The molecule has 1 fully saturated rings. The third-order valence-electron chi connectivity index (χ3n) is 5.35. The standard InChI is InChI=1S/C17H28B2/c1-5-9-14(2)18(4)16-11-6-7-12-17(16)19-13-8-10-15(19)3/h6-7,11-12,14-15H,5,8-10,13H2,1-4H3/t14-,15?/m1/s1. The highest BCUT2D eigenvalue weighted by atomic mass is 14.1. The van der Waals surface area contributed by atoms with Gasteiger partial charge in [-0.15, -0.1) is 0 Å². The predicted molar refractivity (Wildman–Crippen MR) is 90.9 cm³/mol. The maximum absolute atomic E-state index is 2.44. The first-order chi connectivity index (χ1) is 9.15. The van der Waals surface area contributed by atoms with E-state index in [1.165, 1.54) is 32.0 Å². The molecule has 1 aliphatic rings. The molecule has 1 aliphatic heterocycles. The fraction of sp³-hybridized carbons (Fsp3) is 0.647. The van der Waals surface area contributed by atoms with Gasteiger partial charge in [-0.1, -0.05) is 106 Å². The molecule has 2 rings (SSSR count). The third kappa shape index (κ3) is 3.27. The topological polar surface area (TPSA) is 0 Å². The van der Waals surface area contributed by atoms with E-state index >= 15 is 0 Å². The molecule has 102 valence electrons. The summed E-state index contributed by atoms with van der Waals surface area (Å²) in [6, 6.07) is 9.25. The highest BCUT2D eigenvalue weighted by Crippen LogP contribution is 2.29. The van der Waals surface area contributed by atoms with Crippen LogP contribution in [0.25, 0.3) is 0 Å². The minimum Gasteiger partial charge on any atom is -0.0854 e. The van der Waals surface area contributed by atoms with Crippen LogP contribution < -0.4 is 10.9 Å². The summed E-state index contributed by atoms with van der Waals surface area (Å²) in [5, 5.41) is 0. The number of benzene rings is 1. The van der Waals surface area contributed by atoms with Crippen molar-refractivity contribution in [3.8, 4) is 0 Å². The van der Waals surface area contributed by atoms with Gasteiger partial charge in [-0.05, 0) is 0 Å². The van der Waals surface area contributed by atoms with Crippen LogP contribution in [0.15, 0.2) is 24.3 Å². The molecule has 1 heterocycles. The molecule has 0 aliphatic carbocycles. The van der Waals surface area contributed by atoms with E-state index < -0.39 is 0 Å². The molecule has 0 aromatic heterocycles. The smallest absolute Gasteiger partial charge is 0.0854 e. The van der Waals surface area contributed by atoms with Gasteiger partial charge in [0.05, 0.1) is 0 Å². The highest BCUT2D eigenvalue weighted by molar-refractivity contribution is 6.85. The van der Waals surface area contributed by atoms with E-state index in [1.807, 2.05) is 0 Å². The van der Waals surface area contributed by atoms with Gasteiger partial charge in [0.15, 0.2) is 13.4 Å². The molecule has 0 nitrogen and oxygen atoms in total. The maximum Gasteiger partial charge on any atom is 0.178 e. The number of hydrogen-bond donors (Lipinski definition) is 0. The third-order valence-corrected chi connectivity index (χ3v) is 5.35. The second-order valence-corrected chi connectivity index (χ2v) is 6.70. The molecule has 19 heavy (non-hydrogen) atoms. The van der Waals surface area contributed by atoms with Crippen molar-refractivity contribution in [3.05, 3.63) is 24.3 Å². The molecule has 1 aromatic carbocycles. The van der Waals surface area contributed by atoms with Crippen LogP contribution in [0.3, 0.4) is 0 Å². The fourth-order valence-electron chi connectivity index (χ4n) is 3.88. The van der Waals surface area contributed by atoms with Crippen molar-refractivity contribution in [1.82, 2.24) is 0 Å². The molecule has 0 bridgehead atoms. The zero-order chi connectivity index (χ0) is 13.8. The average Bonchev–Trinajstić information content (AvgIpc) is 2.84. The zero-order valence-corrected chi connectivity index (χ0v) is 13.2. The van der Waals surface area contributed by atoms with Crippen LogP contribution in [0.5, 0.6) is 0 Å². The Kier molecular flexibility index (Phi) is 5.19. The Morgan fingerprint density at radius 3 is 2.74 bits per heavy atom. The Bertz CT molecular complexity index is 402. The van der Waals surface area contributed by atoms with Crippen molar-refractivity contribution in [2.45, 2.75) is 71.2 Å². The monoisotopic (exact) mass is 254 g/mol. The first-order valence-corrected chi connectivity index (χ1v) is 8.24. The second kappa shape index (κ2) is 6.68. The summed E-state index contributed by atoms with van der Waals surface area (Å²) >= 11 is 0. The van der Waals surface area contributed by atoms with Gasteiger partial charge >= 0.3 is 0 Å². The largest absolute Gasteiger partial charge is 0.178 e. The van der Waals surface area contributed by atoms with Crippen molar-refractivity contribution in [2.75, 3.05) is 0 Å². The van der Waals surface area contributed by atoms with Crippen LogP contribution in [0.2, 0.25) is 24.8 Å². The van der Waals surface area contributed by atoms with Crippen LogP contribution in [0, 0.1) is 0 Å². The van der Waals surface area contributed by atoms with Gasteiger partial charge in [0.2, 0.25) is 0 Å².